The lowest BCUT2D eigenvalue weighted by molar-refractivity contribution is -0.119. The Kier molecular flexibility index (Phi) is 7.08. The summed E-state index contributed by atoms with van der Waals surface area (Å²) in [4.78, 5) is 39.5. The van der Waals surface area contributed by atoms with E-state index in [-0.39, 0.29) is 34.9 Å². The van der Waals surface area contributed by atoms with Crippen molar-refractivity contribution in [2.45, 2.75) is 66.2 Å². The Bertz CT molecular complexity index is 1380. The van der Waals surface area contributed by atoms with Gasteiger partial charge in [-0.2, -0.15) is 0 Å². The SMILES string of the molecule is Cc1ccc(NC(=O)COc2ccc(C3C4=C(CC(C)(C)CC4=O)NC4=C3C(=O)CC(C)(C)C4)cc2Br)cc1. The molecule has 2 aromatic rings. The number of hydrogen-bond acceptors (Lipinski definition) is 5. The number of allylic oxidation sites excluding steroid dienone is 4. The topological polar surface area (TPSA) is 84.5 Å². The second kappa shape index (κ2) is 10.1. The van der Waals surface area contributed by atoms with Crippen LogP contribution in [0.2, 0.25) is 0 Å². The first-order chi connectivity index (χ1) is 18.3. The number of anilines is 1. The van der Waals surface area contributed by atoms with Crippen molar-refractivity contribution in [3.05, 3.63) is 80.6 Å². The molecule has 2 N–H and O–H groups in total. The smallest absolute Gasteiger partial charge is 0.262 e. The second-order valence-corrected chi connectivity index (χ2v) is 13.5. The minimum atomic E-state index is -0.418. The Morgan fingerprint density at radius 3 is 2.03 bits per heavy atom. The third-order valence-electron chi connectivity index (χ3n) is 7.70. The summed E-state index contributed by atoms with van der Waals surface area (Å²) >= 11 is 3.61. The minimum absolute atomic E-state index is 0.0900. The number of ketones is 2. The highest BCUT2D eigenvalue weighted by Gasteiger charge is 2.46. The molecule has 0 saturated heterocycles. The van der Waals surface area contributed by atoms with Gasteiger partial charge in [-0.3, -0.25) is 14.4 Å². The van der Waals surface area contributed by atoms with Crippen LogP contribution in [0.15, 0.2) is 69.5 Å². The first kappa shape index (κ1) is 27.4. The molecule has 1 amide bonds. The van der Waals surface area contributed by atoms with Crippen LogP contribution in [0.1, 0.15) is 70.4 Å². The van der Waals surface area contributed by atoms with Crippen molar-refractivity contribution in [2.24, 2.45) is 10.8 Å². The Labute approximate surface area is 238 Å². The summed E-state index contributed by atoms with van der Waals surface area (Å²) in [5.41, 5.74) is 5.70. The molecular weight excluding hydrogens is 556 g/mol. The normalized spacial score (nSPS) is 20.3. The van der Waals surface area contributed by atoms with E-state index in [4.69, 9.17) is 4.74 Å². The summed E-state index contributed by atoms with van der Waals surface area (Å²) in [6.45, 7) is 10.3. The van der Waals surface area contributed by atoms with Crippen molar-refractivity contribution in [1.82, 2.24) is 5.32 Å². The van der Waals surface area contributed by atoms with Crippen LogP contribution in [0.3, 0.4) is 0 Å². The van der Waals surface area contributed by atoms with E-state index in [1.165, 1.54) is 0 Å². The summed E-state index contributed by atoms with van der Waals surface area (Å²) < 4.78 is 6.48. The Morgan fingerprint density at radius 1 is 0.923 bits per heavy atom. The molecule has 2 aliphatic carbocycles. The molecule has 0 fully saturated rings. The maximum Gasteiger partial charge on any atom is 0.262 e. The Balaban J connectivity index is 1.43. The van der Waals surface area contributed by atoms with Crippen LogP contribution in [0.4, 0.5) is 5.69 Å². The lowest BCUT2D eigenvalue weighted by Crippen LogP contribution is -2.42. The van der Waals surface area contributed by atoms with E-state index < -0.39 is 5.92 Å². The Morgan fingerprint density at radius 2 is 1.49 bits per heavy atom. The van der Waals surface area contributed by atoms with Gasteiger partial charge in [-0.25, -0.2) is 0 Å². The fourth-order valence-electron chi connectivity index (χ4n) is 6.01. The first-order valence-electron chi connectivity index (χ1n) is 13.4. The summed E-state index contributed by atoms with van der Waals surface area (Å²) in [5, 5.41) is 6.38. The molecule has 1 aliphatic heterocycles. The highest BCUT2D eigenvalue weighted by molar-refractivity contribution is 9.10. The van der Waals surface area contributed by atoms with Crippen molar-refractivity contribution in [2.75, 3.05) is 11.9 Å². The molecule has 0 unspecified atom stereocenters. The van der Waals surface area contributed by atoms with Crippen molar-refractivity contribution in [3.63, 3.8) is 0 Å². The van der Waals surface area contributed by atoms with Crippen LogP contribution >= 0.6 is 15.9 Å². The van der Waals surface area contributed by atoms with Crippen LogP contribution in [-0.2, 0) is 14.4 Å². The summed E-state index contributed by atoms with van der Waals surface area (Å²) in [6.07, 6.45) is 2.42. The van der Waals surface area contributed by atoms with E-state index in [2.05, 4.69) is 54.3 Å². The van der Waals surface area contributed by atoms with E-state index >= 15 is 0 Å². The maximum atomic E-state index is 13.5. The van der Waals surface area contributed by atoms with Gasteiger partial charge in [0.15, 0.2) is 18.2 Å². The van der Waals surface area contributed by atoms with E-state index in [0.29, 0.717) is 39.9 Å². The van der Waals surface area contributed by atoms with Gasteiger partial charge < -0.3 is 15.4 Å². The number of rotatable bonds is 5. The molecule has 2 aromatic carbocycles. The van der Waals surface area contributed by atoms with Crippen molar-refractivity contribution >= 4 is 39.1 Å². The van der Waals surface area contributed by atoms with Gasteiger partial charge in [-0.05, 0) is 76.4 Å². The van der Waals surface area contributed by atoms with Gasteiger partial charge in [-0.1, -0.05) is 51.5 Å². The molecule has 5 rings (SSSR count). The molecule has 1 heterocycles. The van der Waals surface area contributed by atoms with Crippen LogP contribution in [0.5, 0.6) is 5.75 Å². The second-order valence-electron chi connectivity index (χ2n) is 12.6. The fraction of sp³-hybridized carbons (Fsp3) is 0.406. The molecule has 39 heavy (non-hydrogen) atoms. The quantitative estimate of drug-likeness (QED) is 0.402. The third kappa shape index (κ3) is 5.74. The van der Waals surface area contributed by atoms with Gasteiger partial charge in [0.25, 0.3) is 5.91 Å². The van der Waals surface area contributed by atoms with E-state index in [9.17, 15) is 14.4 Å². The van der Waals surface area contributed by atoms with Crippen LogP contribution in [0, 0.1) is 17.8 Å². The predicted octanol–water partition coefficient (Wildman–Crippen LogP) is 6.75. The number of carbonyl (C=O) groups excluding carboxylic acids is 3. The molecule has 0 saturated carbocycles. The molecule has 0 spiro atoms. The first-order valence-corrected chi connectivity index (χ1v) is 14.2. The molecule has 3 aliphatic rings. The summed E-state index contributed by atoms with van der Waals surface area (Å²) in [7, 11) is 0. The zero-order valence-corrected chi connectivity index (χ0v) is 24.8. The number of halogens is 1. The van der Waals surface area contributed by atoms with Gasteiger partial charge in [0.1, 0.15) is 5.75 Å². The standard InChI is InChI=1S/C32H35BrN2O4/c1-18-6-9-20(10-7-18)34-27(38)17-39-26-11-8-19(12-21(26)33)28-29-22(13-31(2,3)15-24(29)36)35-23-14-32(4,5)16-25(37)30(23)28/h6-12,28,35H,13-17H2,1-5H3,(H,34,38). The number of ether oxygens (including phenoxy) is 1. The predicted molar refractivity (Wildman–Crippen MR) is 155 cm³/mol. The van der Waals surface area contributed by atoms with E-state index in [1.807, 2.05) is 43.3 Å². The van der Waals surface area contributed by atoms with Gasteiger partial charge in [-0.15, -0.1) is 0 Å². The highest BCUT2D eigenvalue weighted by Crippen LogP contribution is 2.51. The van der Waals surface area contributed by atoms with Gasteiger partial charge in [0.05, 0.1) is 4.47 Å². The fourth-order valence-corrected chi connectivity index (χ4v) is 6.52. The number of aryl methyl sites for hydroxylation is 1. The lowest BCUT2D eigenvalue weighted by Gasteiger charge is -2.44. The van der Waals surface area contributed by atoms with Crippen molar-refractivity contribution in [1.29, 1.82) is 0 Å². The highest BCUT2D eigenvalue weighted by atomic mass is 79.9. The molecular formula is C32H35BrN2O4. The van der Waals surface area contributed by atoms with Crippen LogP contribution < -0.4 is 15.4 Å². The zero-order valence-electron chi connectivity index (χ0n) is 23.2. The number of nitrogens with one attached hydrogen (secondary N) is 2. The molecule has 7 heteroatoms. The average Bonchev–Trinajstić information content (AvgIpc) is 2.82. The summed E-state index contributed by atoms with van der Waals surface area (Å²) in [5.74, 6) is 0.0175. The van der Waals surface area contributed by atoms with Crippen LogP contribution in [0.25, 0.3) is 0 Å². The van der Waals surface area contributed by atoms with Crippen molar-refractivity contribution < 1.29 is 19.1 Å². The maximum absolute atomic E-state index is 13.5. The third-order valence-corrected chi connectivity index (χ3v) is 8.32. The summed E-state index contributed by atoms with van der Waals surface area (Å²) in [6, 6.07) is 13.2. The van der Waals surface area contributed by atoms with E-state index in [0.717, 1.165) is 35.4 Å². The average molecular weight is 592 g/mol. The van der Waals surface area contributed by atoms with Gasteiger partial charge >= 0.3 is 0 Å². The largest absolute Gasteiger partial charge is 0.483 e. The molecule has 0 aromatic heterocycles. The number of dihydropyridines is 1. The van der Waals surface area contributed by atoms with Gasteiger partial charge in [0.2, 0.25) is 0 Å². The molecule has 6 nitrogen and oxygen atoms in total. The number of carbonyl (C=O) groups is 3. The monoisotopic (exact) mass is 590 g/mol. The lowest BCUT2D eigenvalue weighted by atomic mass is 9.64. The Hall–Kier alpha value is -3.19. The minimum Gasteiger partial charge on any atom is -0.483 e. The van der Waals surface area contributed by atoms with Gasteiger partial charge in [0, 0.05) is 47.0 Å². The molecule has 204 valence electrons. The molecule has 0 atom stereocenters. The van der Waals surface area contributed by atoms with Crippen LogP contribution in [-0.4, -0.2) is 24.1 Å². The van der Waals surface area contributed by atoms with Crippen molar-refractivity contribution in [3.8, 4) is 5.75 Å². The number of benzene rings is 2. The number of amides is 1. The zero-order chi connectivity index (χ0) is 28.1. The molecule has 0 radical (unpaired) electrons. The number of Topliss-reactive ketones (excluding diaryl/α,β-unsaturated/α-hetero) is 2. The number of hydrogen-bond donors (Lipinski definition) is 2. The van der Waals surface area contributed by atoms with E-state index in [1.54, 1.807) is 6.07 Å². The molecule has 0 bridgehead atoms.